The zero-order chi connectivity index (χ0) is 15.7. The summed E-state index contributed by atoms with van der Waals surface area (Å²) in [6.45, 7) is 2.18. The third kappa shape index (κ3) is 2.35. The van der Waals surface area contributed by atoms with Gasteiger partial charge in [-0.15, -0.1) is 0 Å². The Morgan fingerprint density at radius 2 is 2.00 bits per heavy atom. The molecule has 2 aromatic rings. The molecule has 0 aliphatic carbocycles. The summed E-state index contributed by atoms with van der Waals surface area (Å²) in [4.78, 5) is 14.4. The molecule has 0 saturated carbocycles. The normalized spacial score (nSPS) is 21.1. The summed E-state index contributed by atoms with van der Waals surface area (Å²) < 4.78 is 10.6. The number of rotatable bonds is 4. The van der Waals surface area contributed by atoms with E-state index in [0.717, 1.165) is 5.56 Å². The van der Waals surface area contributed by atoms with Crippen molar-refractivity contribution in [2.24, 2.45) is 0 Å². The summed E-state index contributed by atoms with van der Waals surface area (Å²) in [5, 5.41) is 3.46. The van der Waals surface area contributed by atoms with Gasteiger partial charge in [0.25, 0.3) is 11.9 Å². The molecule has 1 saturated heterocycles. The summed E-state index contributed by atoms with van der Waals surface area (Å²) >= 11 is 5.32. The lowest BCUT2D eigenvalue weighted by Gasteiger charge is -2.19. The molecule has 1 fully saturated rings. The highest BCUT2D eigenvalue weighted by molar-refractivity contribution is 7.80. The van der Waals surface area contributed by atoms with Gasteiger partial charge in [-0.3, -0.25) is 9.69 Å². The van der Waals surface area contributed by atoms with Crippen LogP contribution in [0.25, 0.3) is 0 Å². The highest BCUT2D eigenvalue weighted by atomic mass is 32.1. The molecule has 0 unspecified atom stereocenters. The van der Waals surface area contributed by atoms with Gasteiger partial charge in [-0.1, -0.05) is 30.3 Å². The van der Waals surface area contributed by atoms with E-state index >= 15 is 0 Å². The van der Waals surface area contributed by atoms with Crippen molar-refractivity contribution in [2.75, 3.05) is 7.11 Å². The predicted octanol–water partition coefficient (Wildman–Crippen LogP) is 2.42. The van der Waals surface area contributed by atoms with Crippen molar-refractivity contribution in [2.45, 2.75) is 19.0 Å². The van der Waals surface area contributed by atoms with Crippen molar-refractivity contribution in [1.29, 1.82) is 0 Å². The van der Waals surface area contributed by atoms with Gasteiger partial charge in [0.05, 0.1) is 13.7 Å². The number of furan rings is 1. The van der Waals surface area contributed by atoms with Crippen molar-refractivity contribution in [3.63, 3.8) is 0 Å². The second-order valence-corrected chi connectivity index (χ2v) is 5.64. The van der Waals surface area contributed by atoms with Crippen LogP contribution in [0.1, 0.15) is 18.2 Å². The Kier molecular flexibility index (Phi) is 3.62. The number of benzene rings is 1. The molecule has 1 atom stereocenters. The van der Waals surface area contributed by atoms with Crippen LogP contribution in [0.4, 0.5) is 0 Å². The predicted molar refractivity (Wildman–Crippen MR) is 85.3 cm³/mol. The molecule has 3 rings (SSSR count). The molecule has 0 bridgehead atoms. The molecule has 2 heterocycles. The molecule has 5 nitrogen and oxygen atoms in total. The Labute approximate surface area is 133 Å². The van der Waals surface area contributed by atoms with Crippen LogP contribution in [0, 0.1) is 0 Å². The van der Waals surface area contributed by atoms with Crippen LogP contribution in [-0.2, 0) is 16.9 Å². The number of ether oxygens (including phenoxy) is 1. The summed E-state index contributed by atoms with van der Waals surface area (Å²) in [5.74, 6) is 0.698. The zero-order valence-corrected chi connectivity index (χ0v) is 13.1. The standard InChI is InChI=1S/C16H16N2O3S/c1-16(12-8-9-13(20-2)21-12)14(19)18(15(22)17-16)10-11-6-4-3-5-7-11/h3-9H,10H2,1-2H3,(H,17,22)/t16-/m0/s1. The largest absolute Gasteiger partial charge is 0.468 e. The number of methoxy groups -OCH3 is 1. The van der Waals surface area contributed by atoms with Gasteiger partial charge >= 0.3 is 0 Å². The lowest BCUT2D eigenvalue weighted by Crippen LogP contribution is -2.40. The molecular formula is C16H16N2O3S. The second-order valence-electron chi connectivity index (χ2n) is 5.25. The van der Waals surface area contributed by atoms with Crippen LogP contribution >= 0.6 is 12.2 Å². The molecule has 1 amide bonds. The molecule has 6 heteroatoms. The molecule has 0 radical (unpaired) electrons. The van der Waals surface area contributed by atoms with Crippen molar-refractivity contribution < 1.29 is 13.9 Å². The van der Waals surface area contributed by atoms with Crippen LogP contribution in [0.2, 0.25) is 0 Å². The minimum Gasteiger partial charge on any atom is -0.468 e. The highest BCUT2D eigenvalue weighted by Crippen LogP contribution is 2.32. The van der Waals surface area contributed by atoms with E-state index in [9.17, 15) is 4.79 Å². The number of carbonyl (C=O) groups is 1. The van der Waals surface area contributed by atoms with Crippen LogP contribution in [-0.4, -0.2) is 23.0 Å². The quantitative estimate of drug-likeness (QED) is 0.878. The summed E-state index contributed by atoms with van der Waals surface area (Å²) in [6.07, 6.45) is 0. The average molecular weight is 316 g/mol. The van der Waals surface area contributed by atoms with Gasteiger partial charge in [-0.25, -0.2) is 0 Å². The number of nitrogens with zero attached hydrogens (tertiary/aromatic N) is 1. The number of amides is 1. The van der Waals surface area contributed by atoms with Gasteiger partial charge in [0.1, 0.15) is 5.76 Å². The van der Waals surface area contributed by atoms with E-state index in [1.807, 2.05) is 30.3 Å². The maximum atomic E-state index is 12.8. The van der Waals surface area contributed by atoms with Crippen molar-refractivity contribution in [3.8, 4) is 5.95 Å². The SMILES string of the molecule is COc1ccc([C@]2(C)NC(=S)N(Cc3ccccc3)C2=O)o1. The van der Waals surface area contributed by atoms with Crippen LogP contribution in [0.3, 0.4) is 0 Å². The van der Waals surface area contributed by atoms with Gasteiger partial charge in [-0.05, 0) is 30.8 Å². The molecule has 1 N–H and O–H groups in total. The molecule has 1 aromatic heterocycles. The minimum absolute atomic E-state index is 0.140. The molecule has 114 valence electrons. The van der Waals surface area contributed by atoms with Crippen LogP contribution < -0.4 is 10.1 Å². The maximum absolute atomic E-state index is 12.8. The molecule has 22 heavy (non-hydrogen) atoms. The lowest BCUT2D eigenvalue weighted by atomic mass is 9.99. The molecular weight excluding hydrogens is 300 g/mol. The first-order valence-corrected chi connectivity index (χ1v) is 7.28. The minimum atomic E-state index is -1.01. The van der Waals surface area contributed by atoms with Gasteiger partial charge < -0.3 is 14.5 Å². The Hall–Kier alpha value is -2.34. The number of nitrogens with one attached hydrogen (secondary N) is 1. The Morgan fingerprint density at radius 1 is 1.27 bits per heavy atom. The number of carbonyl (C=O) groups excluding carboxylic acids is 1. The Balaban J connectivity index is 1.87. The lowest BCUT2D eigenvalue weighted by molar-refractivity contribution is -0.131. The van der Waals surface area contributed by atoms with Gasteiger partial charge in [0.15, 0.2) is 10.7 Å². The fourth-order valence-electron chi connectivity index (χ4n) is 2.47. The van der Waals surface area contributed by atoms with Crippen molar-refractivity contribution in [1.82, 2.24) is 10.2 Å². The average Bonchev–Trinajstić information content (AvgIpc) is 3.09. The third-order valence-electron chi connectivity index (χ3n) is 3.73. The highest BCUT2D eigenvalue weighted by Gasteiger charge is 2.49. The fourth-order valence-corrected chi connectivity index (χ4v) is 2.82. The molecule has 1 aromatic carbocycles. The van der Waals surface area contributed by atoms with E-state index in [2.05, 4.69) is 5.32 Å². The first-order chi connectivity index (χ1) is 10.5. The van der Waals surface area contributed by atoms with E-state index in [4.69, 9.17) is 21.4 Å². The zero-order valence-electron chi connectivity index (χ0n) is 12.3. The van der Waals surface area contributed by atoms with Crippen molar-refractivity contribution >= 4 is 23.2 Å². The van der Waals surface area contributed by atoms with Crippen LogP contribution in [0.15, 0.2) is 46.9 Å². The smallest absolute Gasteiger partial charge is 0.284 e. The number of thiocarbonyl (C=S) groups is 1. The Morgan fingerprint density at radius 3 is 2.64 bits per heavy atom. The number of hydrogen-bond donors (Lipinski definition) is 1. The topological polar surface area (TPSA) is 54.7 Å². The molecule has 1 aliphatic rings. The number of hydrogen-bond acceptors (Lipinski definition) is 4. The summed E-state index contributed by atoms with van der Waals surface area (Å²) in [7, 11) is 1.52. The summed E-state index contributed by atoms with van der Waals surface area (Å²) in [5.41, 5.74) is 0.00380. The first-order valence-electron chi connectivity index (χ1n) is 6.87. The van der Waals surface area contributed by atoms with E-state index < -0.39 is 5.54 Å². The second kappa shape index (κ2) is 5.46. The van der Waals surface area contributed by atoms with E-state index in [0.29, 0.717) is 23.4 Å². The Bertz CT molecular complexity index is 713. The van der Waals surface area contributed by atoms with E-state index in [-0.39, 0.29) is 5.91 Å². The fraction of sp³-hybridized carbons (Fsp3) is 0.250. The van der Waals surface area contributed by atoms with Gasteiger partial charge in [0.2, 0.25) is 0 Å². The third-order valence-corrected chi connectivity index (χ3v) is 4.06. The summed E-state index contributed by atoms with van der Waals surface area (Å²) in [6, 6.07) is 13.1. The first kappa shape index (κ1) is 14.6. The van der Waals surface area contributed by atoms with Crippen LogP contribution in [0.5, 0.6) is 5.95 Å². The molecule has 0 spiro atoms. The van der Waals surface area contributed by atoms with Crippen molar-refractivity contribution in [3.05, 3.63) is 53.8 Å². The van der Waals surface area contributed by atoms with E-state index in [1.165, 1.54) is 7.11 Å². The monoisotopic (exact) mass is 316 g/mol. The van der Waals surface area contributed by atoms with Gasteiger partial charge in [0, 0.05) is 6.07 Å². The maximum Gasteiger partial charge on any atom is 0.284 e. The van der Waals surface area contributed by atoms with E-state index in [1.54, 1.807) is 24.0 Å². The molecule has 1 aliphatic heterocycles. The van der Waals surface area contributed by atoms with Gasteiger partial charge in [-0.2, -0.15) is 0 Å².